The van der Waals surface area contributed by atoms with Gasteiger partial charge in [0.25, 0.3) is 0 Å². The second-order valence-corrected chi connectivity index (χ2v) is 9.75. The predicted molar refractivity (Wildman–Crippen MR) is 132 cm³/mol. The Morgan fingerprint density at radius 2 is 1.94 bits per heavy atom. The van der Waals surface area contributed by atoms with E-state index in [1.165, 1.54) is 16.8 Å². The Labute approximate surface area is 194 Å². The zero-order valence-electron chi connectivity index (χ0n) is 20.0. The van der Waals surface area contributed by atoms with Crippen molar-refractivity contribution in [3.8, 4) is 11.3 Å². The van der Waals surface area contributed by atoms with E-state index in [4.69, 9.17) is 10.1 Å². The molecule has 33 heavy (non-hydrogen) atoms. The van der Waals surface area contributed by atoms with Crippen LogP contribution in [0.3, 0.4) is 0 Å². The topological polar surface area (TPSA) is 91.1 Å². The number of aryl methyl sites for hydroxylation is 1. The maximum atomic E-state index is 9.07. The van der Waals surface area contributed by atoms with Crippen molar-refractivity contribution in [1.29, 1.82) is 0 Å². The minimum absolute atomic E-state index is 0.203. The van der Waals surface area contributed by atoms with Crippen LogP contribution >= 0.6 is 0 Å². The fourth-order valence-corrected chi connectivity index (χ4v) is 5.42. The van der Waals surface area contributed by atoms with Gasteiger partial charge in [-0.25, -0.2) is 9.50 Å². The Morgan fingerprint density at radius 1 is 1.15 bits per heavy atom. The van der Waals surface area contributed by atoms with Crippen LogP contribution in [0.1, 0.15) is 73.8 Å². The van der Waals surface area contributed by atoms with Crippen molar-refractivity contribution in [3.63, 3.8) is 0 Å². The fourth-order valence-electron chi connectivity index (χ4n) is 5.42. The van der Waals surface area contributed by atoms with Gasteiger partial charge in [-0.05, 0) is 68.7 Å². The Bertz CT molecular complexity index is 1280. The molecule has 4 heterocycles. The average molecular weight is 447 g/mol. The summed E-state index contributed by atoms with van der Waals surface area (Å²) in [5.41, 5.74) is 10.2. The minimum atomic E-state index is 0.203. The van der Waals surface area contributed by atoms with Gasteiger partial charge in [0.15, 0.2) is 5.65 Å². The lowest BCUT2D eigenvalue weighted by Crippen LogP contribution is -2.34. The fraction of sp³-hybridized carbons (Fsp3) is 0.500. The number of hydrogen-bond acceptors (Lipinski definition) is 5. The number of fused-ring (bicyclic) bond motifs is 2. The first-order chi connectivity index (χ1) is 16.0. The molecule has 174 valence electrons. The van der Waals surface area contributed by atoms with Crippen LogP contribution in [0.4, 0.5) is 0 Å². The Balaban J connectivity index is 1.54. The largest absolute Gasteiger partial charge is 0.395 e. The molecule has 0 radical (unpaired) electrons. The SMILES string of the molecule is Cc1c(-c2[nH]c3ccc(C4CCC(NCCO)CC4)nc3c2C(C)C)cn2ncnc2c1C. The average Bonchev–Trinajstić information content (AvgIpc) is 3.44. The van der Waals surface area contributed by atoms with Gasteiger partial charge in [0.05, 0.1) is 23.3 Å². The number of hydrogen-bond donors (Lipinski definition) is 3. The van der Waals surface area contributed by atoms with Crippen LogP contribution in [0.25, 0.3) is 27.9 Å². The van der Waals surface area contributed by atoms with E-state index >= 15 is 0 Å². The third kappa shape index (κ3) is 3.93. The molecule has 1 aliphatic carbocycles. The van der Waals surface area contributed by atoms with Crippen LogP contribution in [0, 0.1) is 13.8 Å². The molecule has 0 aromatic carbocycles. The third-order valence-corrected chi connectivity index (χ3v) is 7.36. The zero-order valence-corrected chi connectivity index (χ0v) is 20.0. The van der Waals surface area contributed by atoms with Gasteiger partial charge in [0.2, 0.25) is 0 Å². The first-order valence-corrected chi connectivity index (χ1v) is 12.1. The summed E-state index contributed by atoms with van der Waals surface area (Å²) in [6.07, 6.45) is 8.24. The van der Waals surface area contributed by atoms with Gasteiger partial charge in [-0.15, -0.1) is 0 Å². The lowest BCUT2D eigenvalue weighted by Gasteiger charge is -2.28. The van der Waals surface area contributed by atoms with Gasteiger partial charge in [0.1, 0.15) is 6.33 Å². The van der Waals surface area contributed by atoms with Gasteiger partial charge in [-0.3, -0.25) is 4.98 Å². The molecular formula is C26H34N6O. The summed E-state index contributed by atoms with van der Waals surface area (Å²) in [4.78, 5) is 13.3. The first-order valence-electron chi connectivity index (χ1n) is 12.1. The second-order valence-electron chi connectivity index (χ2n) is 9.75. The standard InChI is InChI=1S/C26H34N6O/c1-15(2)23-24(20-13-32-26(28-14-29-32)17(4)16(20)3)31-22-10-9-21(30-25(22)23)18-5-7-19(8-6-18)27-11-12-33/h9-10,13-15,18-19,27,31,33H,5-8,11-12H2,1-4H3. The maximum absolute atomic E-state index is 9.07. The number of rotatable bonds is 6. The number of aliphatic hydroxyl groups is 1. The number of aromatic amines is 1. The number of aromatic nitrogens is 5. The summed E-state index contributed by atoms with van der Waals surface area (Å²) >= 11 is 0. The minimum Gasteiger partial charge on any atom is -0.395 e. The number of H-pyrrole nitrogens is 1. The Morgan fingerprint density at radius 3 is 2.67 bits per heavy atom. The number of pyridine rings is 2. The van der Waals surface area contributed by atoms with E-state index in [9.17, 15) is 0 Å². The molecule has 1 aliphatic rings. The monoisotopic (exact) mass is 446 g/mol. The molecular weight excluding hydrogens is 412 g/mol. The summed E-state index contributed by atoms with van der Waals surface area (Å²) in [6.45, 7) is 9.65. The third-order valence-electron chi connectivity index (χ3n) is 7.36. The molecule has 0 spiro atoms. The number of nitrogens with one attached hydrogen (secondary N) is 2. The maximum Gasteiger partial charge on any atom is 0.158 e. The lowest BCUT2D eigenvalue weighted by atomic mass is 9.83. The molecule has 0 saturated heterocycles. The molecule has 0 amide bonds. The van der Waals surface area contributed by atoms with Crippen molar-refractivity contribution >= 4 is 16.7 Å². The highest BCUT2D eigenvalue weighted by Crippen LogP contribution is 2.39. The van der Waals surface area contributed by atoms with Gasteiger partial charge >= 0.3 is 0 Å². The summed E-state index contributed by atoms with van der Waals surface area (Å²) in [7, 11) is 0. The molecule has 0 atom stereocenters. The van der Waals surface area contributed by atoms with Gasteiger partial charge in [-0.1, -0.05) is 13.8 Å². The summed E-state index contributed by atoms with van der Waals surface area (Å²) < 4.78 is 1.87. The van der Waals surface area contributed by atoms with Gasteiger partial charge in [0, 0.05) is 41.5 Å². The smallest absolute Gasteiger partial charge is 0.158 e. The molecule has 7 nitrogen and oxygen atoms in total. The van der Waals surface area contributed by atoms with Gasteiger partial charge < -0.3 is 15.4 Å². The van der Waals surface area contributed by atoms with E-state index in [1.54, 1.807) is 6.33 Å². The molecule has 4 aromatic heterocycles. The van der Waals surface area contributed by atoms with Gasteiger partial charge in [-0.2, -0.15) is 5.10 Å². The molecule has 1 fully saturated rings. The normalized spacial score (nSPS) is 19.2. The summed E-state index contributed by atoms with van der Waals surface area (Å²) in [6, 6.07) is 4.93. The second kappa shape index (κ2) is 8.88. The van der Waals surface area contributed by atoms with Crippen LogP contribution in [0.2, 0.25) is 0 Å². The quantitative estimate of drug-likeness (QED) is 0.402. The van der Waals surface area contributed by atoms with E-state index in [0.29, 0.717) is 24.4 Å². The molecule has 4 aromatic rings. The lowest BCUT2D eigenvalue weighted by molar-refractivity contribution is 0.266. The molecule has 7 heteroatoms. The Kier molecular flexibility index (Phi) is 5.93. The van der Waals surface area contributed by atoms with Crippen LogP contribution in [0.5, 0.6) is 0 Å². The van der Waals surface area contributed by atoms with Crippen LogP contribution < -0.4 is 5.32 Å². The van der Waals surface area contributed by atoms with Crippen molar-refractivity contribution in [2.75, 3.05) is 13.2 Å². The van der Waals surface area contributed by atoms with Crippen molar-refractivity contribution < 1.29 is 5.11 Å². The summed E-state index contributed by atoms with van der Waals surface area (Å²) in [5, 5.41) is 16.9. The van der Waals surface area contributed by atoms with E-state index in [-0.39, 0.29) is 6.61 Å². The van der Waals surface area contributed by atoms with Crippen LogP contribution in [-0.2, 0) is 0 Å². The highest BCUT2D eigenvalue weighted by molar-refractivity contribution is 5.89. The van der Waals surface area contributed by atoms with Crippen LogP contribution in [-0.4, -0.2) is 48.9 Å². The number of nitrogens with zero attached hydrogens (tertiary/aromatic N) is 4. The van der Waals surface area contributed by atoms with E-state index < -0.39 is 0 Å². The molecule has 3 N–H and O–H groups in total. The molecule has 0 unspecified atom stereocenters. The van der Waals surface area contributed by atoms with Crippen molar-refractivity contribution in [3.05, 3.63) is 47.0 Å². The van der Waals surface area contributed by atoms with Crippen molar-refractivity contribution in [2.24, 2.45) is 0 Å². The highest BCUT2D eigenvalue weighted by atomic mass is 16.3. The molecule has 0 bridgehead atoms. The van der Waals surface area contributed by atoms with E-state index in [2.05, 4.69) is 66.4 Å². The molecule has 0 aliphatic heterocycles. The van der Waals surface area contributed by atoms with Crippen LogP contribution in [0.15, 0.2) is 24.7 Å². The van der Waals surface area contributed by atoms with E-state index in [1.807, 2.05) is 4.52 Å². The molecule has 5 rings (SSSR count). The van der Waals surface area contributed by atoms with Crippen molar-refractivity contribution in [2.45, 2.75) is 71.3 Å². The van der Waals surface area contributed by atoms with Crippen molar-refractivity contribution in [1.82, 2.24) is 29.9 Å². The highest BCUT2D eigenvalue weighted by Gasteiger charge is 2.25. The predicted octanol–water partition coefficient (Wildman–Crippen LogP) is 4.62. The Hall–Kier alpha value is -2.77. The first kappa shape index (κ1) is 22.0. The zero-order chi connectivity index (χ0) is 23.1. The van der Waals surface area contributed by atoms with E-state index in [0.717, 1.165) is 59.2 Å². The molecule has 1 saturated carbocycles. The summed E-state index contributed by atoms with van der Waals surface area (Å²) in [5.74, 6) is 0.830. The number of aliphatic hydroxyl groups excluding tert-OH is 1.